The van der Waals surface area contributed by atoms with Crippen molar-refractivity contribution < 1.29 is 13.9 Å². The van der Waals surface area contributed by atoms with Crippen LogP contribution in [-0.4, -0.2) is 0 Å². The van der Waals surface area contributed by atoms with E-state index in [4.69, 9.17) is 4.74 Å². The number of hydrogen-bond acceptors (Lipinski definition) is 1. The molecule has 0 atom stereocenters. The number of hydrogen-bond donors (Lipinski definition) is 0. The van der Waals surface area contributed by atoms with Crippen LogP contribution in [0.4, 0.5) is 0 Å². The minimum atomic E-state index is 0.760. The van der Waals surface area contributed by atoms with Gasteiger partial charge >= 0.3 is 0 Å². The van der Waals surface area contributed by atoms with Crippen LogP contribution >= 0.6 is 0 Å². The van der Waals surface area contributed by atoms with Crippen molar-refractivity contribution in [2.75, 3.05) is 0 Å². The van der Waals surface area contributed by atoms with Gasteiger partial charge in [0.1, 0.15) is 11.5 Å². The summed E-state index contributed by atoms with van der Waals surface area (Å²) in [4.78, 5) is 0. The molecule has 0 aliphatic carbocycles. The van der Waals surface area contributed by atoms with Crippen LogP contribution in [0.5, 0.6) is 11.5 Å². The molecule has 2 heterocycles. The molecule has 0 N–H and O–H groups in total. The van der Waals surface area contributed by atoms with Crippen molar-refractivity contribution in [3.05, 3.63) is 255 Å². The molecule has 10 rings (SSSR count). The monoisotopic (exact) mass is 782 g/mol. The second-order valence-electron chi connectivity index (χ2n) is 15.0. The van der Waals surface area contributed by atoms with E-state index in [0.29, 0.717) is 0 Å². The molecule has 10 aromatic rings. The molecule has 0 spiro atoms. The zero-order valence-electron chi connectivity index (χ0n) is 33.6. The Morgan fingerprint density at radius 2 is 0.443 bits per heavy atom. The average Bonchev–Trinajstić information content (AvgIpc) is 3.35. The van der Waals surface area contributed by atoms with E-state index in [-0.39, 0.29) is 0 Å². The lowest BCUT2D eigenvalue weighted by Crippen LogP contribution is -2.36. The first kappa shape index (κ1) is 37.2. The Morgan fingerprint density at radius 3 is 0.689 bits per heavy atom. The van der Waals surface area contributed by atoms with E-state index in [2.05, 4.69) is 264 Å². The molecule has 2 aromatic heterocycles. The lowest BCUT2D eigenvalue weighted by Gasteiger charge is -2.14. The van der Waals surface area contributed by atoms with Gasteiger partial charge in [0.25, 0.3) is 0 Å². The molecule has 288 valence electrons. The van der Waals surface area contributed by atoms with Gasteiger partial charge in [-0.25, -0.2) is 0 Å². The SMILES string of the molecule is c1ccc(-c2cc(-c3ccccc3)[n+](-c3ccc(Oc4ccc(-[n+]5c(-c6ccccc6)cc(-c6ccccc6)cc5-c5ccccc5)cc4)cc3)c(-c3ccccc3)c2)cc1. The molecule has 61 heavy (non-hydrogen) atoms. The molecule has 0 unspecified atom stereocenters. The van der Waals surface area contributed by atoms with Gasteiger partial charge in [0.05, 0.1) is 0 Å². The highest BCUT2D eigenvalue weighted by molar-refractivity contribution is 5.76. The van der Waals surface area contributed by atoms with Crippen LogP contribution in [0.2, 0.25) is 0 Å². The molecule has 0 amide bonds. The van der Waals surface area contributed by atoms with Crippen molar-refractivity contribution in [3.63, 3.8) is 0 Å². The maximum atomic E-state index is 6.56. The number of benzene rings is 8. The molecule has 3 nitrogen and oxygen atoms in total. The predicted molar refractivity (Wildman–Crippen MR) is 249 cm³/mol. The molecule has 0 radical (unpaired) electrons. The highest BCUT2D eigenvalue weighted by atomic mass is 16.5. The Morgan fingerprint density at radius 1 is 0.213 bits per heavy atom. The maximum absolute atomic E-state index is 6.56. The maximum Gasteiger partial charge on any atom is 0.219 e. The molecule has 8 aromatic carbocycles. The number of rotatable bonds is 10. The number of aromatic nitrogens is 2. The first-order chi connectivity index (χ1) is 30.2. The lowest BCUT2D eigenvalue weighted by molar-refractivity contribution is -0.572. The fourth-order valence-electron chi connectivity index (χ4n) is 8.09. The van der Waals surface area contributed by atoms with E-state index in [1.165, 1.54) is 11.1 Å². The number of ether oxygens (including phenoxy) is 1. The summed E-state index contributed by atoms with van der Waals surface area (Å²) in [6, 6.07) is 89.7. The smallest absolute Gasteiger partial charge is 0.219 e. The van der Waals surface area contributed by atoms with Gasteiger partial charge in [0, 0.05) is 70.8 Å². The molecule has 3 heteroatoms. The summed E-state index contributed by atoms with van der Waals surface area (Å²) in [6.07, 6.45) is 0. The van der Waals surface area contributed by atoms with E-state index in [9.17, 15) is 0 Å². The van der Waals surface area contributed by atoms with Crippen molar-refractivity contribution in [2.45, 2.75) is 0 Å². The van der Waals surface area contributed by atoms with Gasteiger partial charge in [-0.15, -0.1) is 0 Å². The van der Waals surface area contributed by atoms with Gasteiger partial charge in [-0.2, -0.15) is 9.13 Å². The first-order valence-electron chi connectivity index (χ1n) is 20.7. The van der Waals surface area contributed by atoms with E-state index in [0.717, 1.165) is 79.0 Å². The normalized spacial score (nSPS) is 11.0. The quantitative estimate of drug-likeness (QED) is 0.126. The Bertz CT molecular complexity index is 2700. The van der Waals surface area contributed by atoms with Crippen LogP contribution in [0.15, 0.2) is 255 Å². The van der Waals surface area contributed by atoms with E-state index < -0.39 is 0 Å². The predicted octanol–water partition coefficient (Wildman–Crippen LogP) is 14.0. The van der Waals surface area contributed by atoms with Crippen molar-refractivity contribution in [3.8, 4) is 90.2 Å². The van der Waals surface area contributed by atoms with Crippen LogP contribution < -0.4 is 13.9 Å². The Hall–Kier alpha value is -8.14. The summed E-state index contributed by atoms with van der Waals surface area (Å²) in [7, 11) is 0. The van der Waals surface area contributed by atoms with E-state index >= 15 is 0 Å². The summed E-state index contributed by atoms with van der Waals surface area (Å²) in [5.74, 6) is 1.52. The van der Waals surface area contributed by atoms with Crippen molar-refractivity contribution in [1.82, 2.24) is 0 Å². The molecule has 0 fully saturated rings. The topological polar surface area (TPSA) is 17.0 Å². The van der Waals surface area contributed by atoms with Crippen LogP contribution in [0.25, 0.3) is 78.7 Å². The Labute approximate surface area is 357 Å². The van der Waals surface area contributed by atoms with Gasteiger partial charge in [-0.1, -0.05) is 133 Å². The van der Waals surface area contributed by atoms with Crippen LogP contribution in [0, 0.1) is 0 Å². The Balaban J connectivity index is 1.02. The second kappa shape index (κ2) is 17.0. The number of nitrogens with zero attached hydrogens (tertiary/aromatic N) is 2. The standard InChI is InChI=1S/C58H42N2O/c1-7-19-43(20-8-1)49-39-55(45-23-11-3-12-24-45)59(56(40-49)46-25-13-4-14-26-46)51-31-35-53(36-32-51)61-54-37-33-52(34-38-54)60-57(47-27-15-5-16-28-47)41-50(44-21-9-2-10-22-44)42-58(60)48-29-17-6-18-30-48/h1-42H/q+2. The minimum absolute atomic E-state index is 0.760. The van der Waals surface area contributed by atoms with Crippen molar-refractivity contribution in [2.24, 2.45) is 0 Å². The van der Waals surface area contributed by atoms with Crippen molar-refractivity contribution >= 4 is 0 Å². The summed E-state index contributed by atoms with van der Waals surface area (Å²) < 4.78 is 11.3. The molecule has 0 aliphatic rings. The fraction of sp³-hybridized carbons (Fsp3) is 0. The largest absolute Gasteiger partial charge is 0.457 e. The number of pyridine rings is 2. The summed E-state index contributed by atoms with van der Waals surface area (Å²) in [5, 5.41) is 0. The molecular formula is C58H42N2O+2. The van der Waals surface area contributed by atoms with Gasteiger partial charge in [0.15, 0.2) is 0 Å². The summed E-state index contributed by atoms with van der Waals surface area (Å²) >= 11 is 0. The molecule has 0 aliphatic heterocycles. The van der Waals surface area contributed by atoms with Crippen molar-refractivity contribution in [1.29, 1.82) is 0 Å². The first-order valence-corrected chi connectivity index (χ1v) is 20.7. The van der Waals surface area contributed by atoms with Crippen LogP contribution in [0.3, 0.4) is 0 Å². The van der Waals surface area contributed by atoms with Gasteiger partial charge in [0.2, 0.25) is 34.2 Å². The molecule has 0 saturated carbocycles. The minimum Gasteiger partial charge on any atom is -0.457 e. The van der Waals surface area contributed by atoms with E-state index in [1.54, 1.807) is 0 Å². The fourth-order valence-corrected chi connectivity index (χ4v) is 8.09. The molecular weight excluding hydrogens is 741 g/mol. The zero-order valence-corrected chi connectivity index (χ0v) is 33.6. The molecule has 0 bridgehead atoms. The second-order valence-corrected chi connectivity index (χ2v) is 15.0. The average molecular weight is 783 g/mol. The zero-order chi connectivity index (χ0) is 40.8. The highest BCUT2D eigenvalue weighted by Gasteiger charge is 2.27. The van der Waals surface area contributed by atoms with Gasteiger partial charge in [-0.3, -0.25) is 0 Å². The lowest BCUT2D eigenvalue weighted by atomic mass is 9.98. The third-order valence-electron chi connectivity index (χ3n) is 11.1. The molecule has 0 saturated heterocycles. The Kier molecular flexibility index (Phi) is 10.3. The summed E-state index contributed by atoms with van der Waals surface area (Å²) in [6.45, 7) is 0. The van der Waals surface area contributed by atoms with Crippen LogP contribution in [0.1, 0.15) is 0 Å². The van der Waals surface area contributed by atoms with E-state index in [1.807, 2.05) is 0 Å². The van der Waals surface area contributed by atoms with Crippen LogP contribution in [-0.2, 0) is 0 Å². The summed E-state index contributed by atoms with van der Waals surface area (Å²) in [5.41, 5.74) is 15.7. The third kappa shape index (κ3) is 7.89. The van der Waals surface area contributed by atoms with Gasteiger partial charge in [-0.05, 0) is 95.1 Å². The van der Waals surface area contributed by atoms with Gasteiger partial charge < -0.3 is 4.74 Å². The third-order valence-corrected chi connectivity index (χ3v) is 11.1. The highest BCUT2D eigenvalue weighted by Crippen LogP contribution is 2.33.